The number of hydrogen-bond donors (Lipinski definition) is 2. The van der Waals surface area contributed by atoms with Crippen LogP contribution in [0.15, 0.2) is 54.9 Å². The van der Waals surface area contributed by atoms with Gasteiger partial charge in [-0.2, -0.15) is 5.10 Å². The number of phenols is 1. The maximum absolute atomic E-state index is 11.8. The first kappa shape index (κ1) is 17.2. The van der Waals surface area contributed by atoms with E-state index < -0.39 is 0 Å². The van der Waals surface area contributed by atoms with E-state index in [-0.39, 0.29) is 18.1 Å². The lowest BCUT2D eigenvalue weighted by molar-refractivity contribution is -0.120. The van der Waals surface area contributed by atoms with Crippen molar-refractivity contribution in [3.63, 3.8) is 0 Å². The van der Waals surface area contributed by atoms with E-state index in [1.54, 1.807) is 12.1 Å². The van der Waals surface area contributed by atoms with Gasteiger partial charge in [-0.15, -0.1) is 0 Å². The molecule has 2 rings (SSSR count). The molecule has 0 unspecified atom stereocenters. The molecular formula is C15H11Br3N2O2. The van der Waals surface area contributed by atoms with Crippen LogP contribution in [-0.4, -0.2) is 17.2 Å². The molecule has 0 saturated heterocycles. The molecule has 0 aliphatic rings. The second-order valence-electron chi connectivity index (χ2n) is 4.43. The van der Waals surface area contributed by atoms with Gasteiger partial charge in [0.05, 0.1) is 21.6 Å². The van der Waals surface area contributed by atoms with Gasteiger partial charge in [-0.05, 0) is 67.3 Å². The van der Waals surface area contributed by atoms with E-state index in [1.165, 1.54) is 6.21 Å². The highest BCUT2D eigenvalue weighted by atomic mass is 79.9. The Bertz CT molecular complexity index is 692. The third-order valence-corrected chi connectivity index (χ3v) is 4.46. The zero-order valence-electron chi connectivity index (χ0n) is 11.2. The van der Waals surface area contributed by atoms with Gasteiger partial charge in [0.1, 0.15) is 5.75 Å². The molecule has 22 heavy (non-hydrogen) atoms. The molecule has 2 aromatic carbocycles. The second kappa shape index (κ2) is 7.89. The minimum atomic E-state index is -0.199. The Balaban J connectivity index is 1.94. The lowest BCUT2D eigenvalue weighted by Crippen LogP contribution is -2.19. The summed E-state index contributed by atoms with van der Waals surface area (Å²) in [6.07, 6.45) is 1.77. The molecule has 0 radical (unpaired) electrons. The van der Waals surface area contributed by atoms with Gasteiger partial charge in [0.25, 0.3) is 0 Å². The highest BCUT2D eigenvalue weighted by Gasteiger charge is 2.05. The van der Waals surface area contributed by atoms with Crippen LogP contribution in [0.3, 0.4) is 0 Å². The Morgan fingerprint density at radius 1 is 1.14 bits per heavy atom. The van der Waals surface area contributed by atoms with E-state index in [0.717, 1.165) is 15.6 Å². The molecule has 2 aromatic rings. The Labute approximate surface area is 153 Å². The quantitative estimate of drug-likeness (QED) is 0.494. The molecule has 1 amide bonds. The van der Waals surface area contributed by atoms with Gasteiger partial charge < -0.3 is 5.11 Å². The number of benzene rings is 2. The molecule has 0 spiro atoms. The molecule has 0 aliphatic heterocycles. The van der Waals surface area contributed by atoms with Gasteiger partial charge >= 0.3 is 0 Å². The third-order valence-electron chi connectivity index (χ3n) is 2.72. The van der Waals surface area contributed by atoms with Crippen LogP contribution in [0.25, 0.3) is 0 Å². The molecule has 0 saturated carbocycles. The summed E-state index contributed by atoms with van der Waals surface area (Å²) in [5, 5.41) is 13.5. The fraction of sp³-hybridized carbons (Fsp3) is 0.0667. The summed E-state index contributed by atoms with van der Waals surface area (Å²) >= 11 is 9.82. The van der Waals surface area contributed by atoms with Gasteiger partial charge in [-0.25, -0.2) is 5.43 Å². The van der Waals surface area contributed by atoms with Crippen LogP contribution in [0.4, 0.5) is 0 Å². The number of aromatic hydroxyl groups is 1. The average molecular weight is 491 g/mol. The molecule has 7 heteroatoms. The first-order valence-corrected chi connectivity index (χ1v) is 8.58. The minimum Gasteiger partial charge on any atom is -0.506 e. The van der Waals surface area contributed by atoms with Crippen molar-refractivity contribution in [3.8, 4) is 5.75 Å². The molecule has 0 fully saturated rings. The SMILES string of the molecule is O=C(Cc1ccc(Br)cc1)N/N=C\c1cc(Br)c(O)c(Br)c1. The number of nitrogens with zero attached hydrogens (tertiary/aromatic N) is 1. The maximum atomic E-state index is 11.8. The number of nitrogens with one attached hydrogen (secondary N) is 1. The largest absolute Gasteiger partial charge is 0.506 e. The third kappa shape index (κ3) is 4.93. The minimum absolute atomic E-state index is 0.122. The van der Waals surface area contributed by atoms with Crippen molar-refractivity contribution in [3.05, 3.63) is 60.9 Å². The van der Waals surface area contributed by atoms with Crippen molar-refractivity contribution in [2.24, 2.45) is 5.10 Å². The number of halogens is 3. The fourth-order valence-electron chi connectivity index (χ4n) is 1.67. The molecule has 0 aromatic heterocycles. The molecule has 0 bridgehead atoms. The molecule has 0 heterocycles. The number of carbonyl (C=O) groups is 1. The fourth-order valence-corrected chi connectivity index (χ4v) is 3.15. The van der Waals surface area contributed by atoms with Crippen molar-refractivity contribution in [2.45, 2.75) is 6.42 Å². The van der Waals surface area contributed by atoms with Gasteiger partial charge in [0, 0.05) is 4.47 Å². The number of carbonyl (C=O) groups excluding carboxylic acids is 1. The molecule has 114 valence electrons. The van der Waals surface area contributed by atoms with Gasteiger partial charge in [-0.1, -0.05) is 28.1 Å². The molecule has 2 N–H and O–H groups in total. The molecule has 4 nitrogen and oxygen atoms in total. The number of hydrogen-bond acceptors (Lipinski definition) is 3. The average Bonchev–Trinajstić information content (AvgIpc) is 2.47. The van der Waals surface area contributed by atoms with E-state index in [2.05, 4.69) is 58.3 Å². The van der Waals surface area contributed by atoms with E-state index in [9.17, 15) is 9.90 Å². The van der Waals surface area contributed by atoms with E-state index in [4.69, 9.17) is 0 Å². The van der Waals surface area contributed by atoms with Gasteiger partial charge in [0.15, 0.2) is 0 Å². The van der Waals surface area contributed by atoms with Gasteiger partial charge in [-0.3, -0.25) is 4.79 Å². The highest BCUT2D eigenvalue weighted by Crippen LogP contribution is 2.32. The van der Waals surface area contributed by atoms with Crippen LogP contribution < -0.4 is 5.43 Å². The zero-order valence-corrected chi connectivity index (χ0v) is 15.9. The Morgan fingerprint density at radius 2 is 1.73 bits per heavy atom. The molecule has 0 atom stereocenters. The van der Waals surface area contributed by atoms with E-state index in [0.29, 0.717) is 8.95 Å². The summed E-state index contributed by atoms with van der Waals surface area (Å²) in [7, 11) is 0. The van der Waals surface area contributed by atoms with Gasteiger partial charge in [0.2, 0.25) is 5.91 Å². The lowest BCUT2D eigenvalue weighted by Gasteiger charge is -2.03. The molecule has 0 aliphatic carbocycles. The summed E-state index contributed by atoms with van der Waals surface area (Å²) < 4.78 is 2.06. The van der Waals surface area contributed by atoms with Crippen LogP contribution in [0.5, 0.6) is 5.75 Å². The predicted octanol–water partition coefficient (Wildman–Crippen LogP) is 4.37. The number of phenolic OH excluding ortho intramolecular Hbond substituents is 1. The summed E-state index contributed by atoms with van der Waals surface area (Å²) in [5.41, 5.74) is 4.12. The number of rotatable bonds is 4. The van der Waals surface area contributed by atoms with Crippen LogP contribution in [0, 0.1) is 0 Å². The lowest BCUT2D eigenvalue weighted by atomic mass is 10.1. The Kier molecular flexibility index (Phi) is 6.16. The van der Waals surface area contributed by atoms with E-state index >= 15 is 0 Å². The maximum Gasteiger partial charge on any atom is 0.244 e. The topological polar surface area (TPSA) is 61.7 Å². The van der Waals surface area contributed by atoms with Crippen molar-refractivity contribution < 1.29 is 9.90 Å². The summed E-state index contributed by atoms with van der Waals surface area (Å²) in [4.78, 5) is 11.8. The van der Waals surface area contributed by atoms with Crippen molar-refractivity contribution in [2.75, 3.05) is 0 Å². The van der Waals surface area contributed by atoms with Crippen LogP contribution >= 0.6 is 47.8 Å². The predicted molar refractivity (Wildman–Crippen MR) is 97.1 cm³/mol. The standard InChI is InChI=1S/C15H11Br3N2O2/c16-11-3-1-9(2-4-11)7-14(21)20-19-8-10-5-12(17)15(22)13(18)6-10/h1-6,8,22H,7H2,(H,20,21)/b19-8-. The number of hydrazone groups is 1. The van der Waals surface area contributed by atoms with Crippen LogP contribution in [0.2, 0.25) is 0 Å². The van der Waals surface area contributed by atoms with Crippen molar-refractivity contribution >= 4 is 59.9 Å². The van der Waals surface area contributed by atoms with Crippen molar-refractivity contribution in [1.82, 2.24) is 5.43 Å². The first-order valence-electron chi connectivity index (χ1n) is 6.20. The van der Waals surface area contributed by atoms with Crippen LogP contribution in [0.1, 0.15) is 11.1 Å². The second-order valence-corrected chi connectivity index (χ2v) is 7.05. The smallest absolute Gasteiger partial charge is 0.244 e. The Morgan fingerprint density at radius 3 is 2.32 bits per heavy atom. The highest BCUT2D eigenvalue weighted by molar-refractivity contribution is 9.11. The Hall–Kier alpha value is -1.18. The zero-order chi connectivity index (χ0) is 16.1. The first-order chi connectivity index (χ1) is 10.5. The normalized spacial score (nSPS) is 10.9. The monoisotopic (exact) mass is 488 g/mol. The summed E-state index contributed by atoms with van der Waals surface area (Å²) in [5.74, 6) is -0.0769. The molecular weight excluding hydrogens is 480 g/mol. The van der Waals surface area contributed by atoms with Crippen LogP contribution in [-0.2, 0) is 11.2 Å². The summed E-state index contributed by atoms with van der Waals surface area (Å²) in [6, 6.07) is 10.9. The van der Waals surface area contributed by atoms with Crippen molar-refractivity contribution in [1.29, 1.82) is 0 Å². The number of amides is 1. The summed E-state index contributed by atoms with van der Waals surface area (Å²) in [6.45, 7) is 0. The van der Waals surface area contributed by atoms with E-state index in [1.807, 2.05) is 24.3 Å².